The van der Waals surface area contributed by atoms with Crippen molar-refractivity contribution < 1.29 is 19.1 Å². The number of halogens is 1. The average molecular weight is 417 g/mol. The van der Waals surface area contributed by atoms with Gasteiger partial charge in [0.2, 0.25) is 0 Å². The summed E-state index contributed by atoms with van der Waals surface area (Å²) in [5.74, 6) is 0.403. The SMILES string of the molecule is O=C(c1ccc(F)cc1)C1CCN(CC[C@H]2CC[C@H](NC(=O)C3(O)CC3)CC2)CC1. The number of benzene rings is 1. The Balaban J connectivity index is 1.13. The highest BCUT2D eigenvalue weighted by molar-refractivity contribution is 5.97. The van der Waals surface area contributed by atoms with Gasteiger partial charge in [0.25, 0.3) is 5.91 Å². The summed E-state index contributed by atoms with van der Waals surface area (Å²) in [6.45, 7) is 2.96. The van der Waals surface area contributed by atoms with E-state index in [1.165, 1.54) is 18.6 Å². The Morgan fingerprint density at radius 1 is 1.03 bits per heavy atom. The molecule has 1 amide bonds. The van der Waals surface area contributed by atoms with E-state index in [0.717, 1.165) is 58.2 Å². The predicted octanol–water partition coefficient (Wildman–Crippen LogP) is 3.31. The molecule has 0 spiro atoms. The number of likely N-dealkylation sites (tertiary alicyclic amines) is 1. The van der Waals surface area contributed by atoms with Crippen LogP contribution >= 0.6 is 0 Å². The molecule has 30 heavy (non-hydrogen) atoms. The quantitative estimate of drug-likeness (QED) is 0.669. The molecule has 0 unspecified atom stereocenters. The van der Waals surface area contributed by atoms with Crippen LogP contribution in [0, 0.1) is 17.7 Å². The predicted molar refractivity (Wildman–Crippen MR) is 113 cm³/mol. The van der Waals surface area contributed by atoms with Crippen molar-refractivity contribution in [2.24, 2.45) is 11.8 Å². The Labute approximate surface area is 178 Å². The molecule has 164 valence electrons. The van der Waals surface area contributed by atoms with Gasteiger partial charge >= 0.3 is 0 Å². The minimum Gasteiger partial charge on any atom is -0.380 e. The Hall–Kier alpha value is -1.79. The van der Waals surface area contributed by atoms with Crippen LogP contribution in [0.3, 0.4) is 0 Å². The topological polar surface area (TPSA) is 69.6 Å². The summed E-state index contributed by atoms with van der Waals surface area (Å²) in [5.41, 5.74) is -0.450. The number of carbonyl (C=O) groups excluding carboxylic acids is 2. The van der Waals surface area contributed by atoms with Gasteiger partial charge in [-0.05, 0) is 108 Å². The zero-order valence-corrected chi connectivity index (χ0v) is 17.6. The lowest BCUT2D eigenvalue weighted by Crippen LogP contribution is -2.44. The molecule has 4 rings (SSSR count). The second-order valence-electron chi connectivity index (χ2n) is 9.50. The molecule has 1 aromatic rings. The zero-order valence-electron chi connectivity index (χ0n) is 17.6. The van der Waals surface area contributed by atoms with Gasteiger partial charge < -0.3 is 15.3 Å². The summed E-state index contributed by atoms with van der Waals surface area (Å²) in [4.78, 5) is 27.1. The second-order valence-corrected chi connectivity index (χ2v) is 9.50. The minimum atomic E-state index is -1.07. The molecular weight excluding hydrogens is 383 g/mol. The molecule has 3 aliphatic rings. The highest BCUT2D eigenvalue weighted by Crippen LogP contribution is 2.36. The van der Waals surface area contributed by atoms with E-state index in [4.69, 9.17) is 0 Å². The smallest absolute Gasteiger partial charge is 0.252 e. The van der Waals surface area contributed by atoms with Crippen molar-refractivity contribution in [2.75, 3.05) is 19.6 Å². The third-order valence-corrected chi connectivity index (χ3v) is 7.27. The van der Waals surface area contributed by atoms with E-state index in [1.807, 2.05) is 0 Å². The lowest BCUT2D eigenvalue weighted by Gasteiger charge is -2.34. The van der Waals surface area contributed by atoms with E-state index >= 15 is 0 Å². The van der Waals surface area contributed by atoms with E-state index in [0.29, 0.717) is 24.3 Å². The van der Waals surface area contributed by atoms with Crippen LogP contribution in [0.5, 0.6) is 0 Å². The molecule has 2 N–H and O–H groups in total. The largest absolute Gasteiger partial charge is 0.380 e. The first-order valence-corrected chi connectivity index (χ1v) is 11.5. The highest BCUT2D eigenvalue weighted by Gasteiger charge is 2.48. The van der Waals surface area contributed by atoms with Gasteiger partial charge in [0.05, 0.1) is 0 Å². The standard InChI is InChI=1S/C24H33FN2O3/c25-20-5-3-18(4-6-20)22(28)19-10-15-27(16-11-19)14-9-17-1-7-21(8-2-17)26-23(29)24(30)12-13-24/h3-6,17,19,21,30H,1-2,7-16H2,(H,26,29)/t17-,21-. The average Bonchev–Trinajstić information content (AvgIpc) is 3.52. The van der Waals surface area contributed by atoms with Gasteiger partial charge in [0.1, 0.15) is 11.4 Å². The normalized spacial score (nSPS) is 26.9. The number of piperidine rings is 1. The van der Waals surface area contributed by atoms with Gasteiger partial charge in [-0.1, -0.05) is 0 Å². The van der Waals surface area contributed by atoms with Crippen molar-refractivity contribution in [3.63, 3.8) is 0 Å². The van der Waals surface area contributed by atoms with E-state index in [9.17, 15) is 19.1 Å². The van der Waals surface area contributed by atoms with Crippen LogP contribution in [-0.4, -0.2) is 53.0 Å². The number of amides is 1. The first-order valence-electron chi connectivity index (χ1n) is 11.5. The molecule has 5 nitrogen and oxygen atoms in total. The molecule has 1 aromatic carbocycles. The molecule has 0 radical (unpaired) electrons. The van der Waals surface area contributed by atoms with Crippen LogP contribution in [-0.2, 0) is 4.79 Å². The number of rotatable bonds is 7. The summed E-state index contributed by atoms with van der Waals surface area (Å²) in [5, 5.41) is 12.9. The highest BCUT2D eigenvalue weighted by atomic mass is 19.1. The number of carbonyl (C=O) groups is 2. The fraction of sp³-hybridized carbons (Fsp3) is 0.667. The Kier molecular flexibility index (Phi) is 6.54. The molecule has 0 aromatic heterocycles. The summed E-state index contributed by atoms with van der Waals surface area (Å²) in [6, 6.07) is 6.11. The molecule has 1 aliphatic heterocycles. The fourth-order valence-electron chi connectivity index (χ4n) is 4.89. The first-order chi connectivity index (χ1) is 14.4. The lowest BCUT2D eigenvalue weighted by molar-refractivity contribution is -0.132. The maximum atomic E-state index is 13.1. The summed E-state index contributed by atoms with van der Waals surface area (Å²) >= 11 is 0. The maximum absolute atomic E-state index is 13.1. The van der Waals surface area contributed by atoms with Crippen LogP contribution in [0.2, 0.25) is 0 Å². The molecule has 2 aliphatic carbocycles. The summed E-state index contributed by atoms with van der Waals surface area (Å²) in [7, 11) is 0. The first kappa shape index (κ1) is 21.4. The fourth-order valence-corrected chi connectivity index (χ4v) is 4.89. The summed E-state index contributed by atoms with van der Waals surface area (Å²) < 4.78 is 13.1. The van der Waals surface area contributed by atoms with Crippen molar-refractivity contribution in [3.8, 4) is 0 Å². The monoisotopic (exact) mass is 416 g/mol. The van der Waals surface area contributed by atoms with Crippen LogP contribution in [0.1, 0.15) is 68.1 Å². The number of Topliss-reactive ketones (excluding diaryl/α,β-unsaturated/α-hetero) is 1. The molecule has 0 bridgehead atoms. The molecule has 0 atom stereocenters. The van der Waals surface area contributed by atoms with Gasteiger partial charge in [-0.2, -0.15) is 0 Å². The lowest BCUT2D eigenvalue weighted by atomic mass is 9.83. The van der Waals surface area contributed by atoms with Gasteiger partial charge in [0.15, 0.2) is 5.78 Å². The maximum Gasteiger partial charge on any atom is 0.252 e. The zero-order chi connectivity index (χ0) is 21.1. The van der Waals surface area contributed by atoms with Gasteiger partial charge in [-0.3, -0.25) is 9.59 Å². The third-order valence-electron chi connectivity index (χ3n) is 7.27. The second kappa shape index (κ2) is 9.15. The van der Waals surface area contributed by atoms with E-state index < -0.39 is 5.60 Å². The van der Waals surface area contributed by atoms with Gasteiger partial charge in [-0.15, -0.1) is 0 Å². The van der Waals surface area contributed by atoms with E-state index in [1.54, 1.807) is 12.1 Å². The van der Waals surface area contributed by atoms with E-state index in [-0.39, 0.29) is 29.5 Å². The third kappa shape index (κ3) is 5.27. The van der Waals surface area contributed by atoms with Crippen LogP contribution in [0.25, 0.3) is 0 Å². The number of hydrogen-bond donors (Lipinski definition) is 2. The van der Waals surface area contributed by atoms with Crippen LogP contribution in [0.15, 0.2) is 24.3 Å². The number of ketones is 1. The summed E-state index contributed by atoms with van der Waals surface area (Å²) in [6.07, 6.45) is 8.37. The van der Waals surface area contributed by atoms with Crippen LogP contribution < -0.4 is 5.32 Å². The number of nitrogens with one attached hydrogen (secondary N) is 1. The Morgan fingerprint density at radius 2 is 1.67 bits per heavy atom. The van der Waals surface area contributed by atoms with Crippen molar-refractivity contribution >= 4 is 11.7 Å². The van der Waals surface area contributed by atoms with Crippen molar-refractivity contribution in [1.82, 2.24) is 10.2 Å². The molecule has 3 fully saturated rings. The van der Waals surface area contributed by atoms with E-state index in [2.05, 4.69) is 10.2 Å². The molecule has 1 heterocycles. The van der Waals surface area contributed by atoms with Crippen molar-refractivity contribution in [3.05, 3.63) is 35.6 Å². The minimum absolute atomic E-state index is 0.0482. The molecular formula is C24H33FN2O3. The molecule has 2 saturated carbocycles. The van der Waals surface area contributed by atoms with Crippen molar-refractivity contribution in [1.29, 1.82) is 0 Å². The van der Waals surface area contributed by atoms with Gasteiger partial charge in [0, 0.05) is 17.5 Å². The van der Waals surface area contributed by atoms with Crippen LogP contribution in [0.4, 0.5) is 4.39 Å². The van der Waals surface area contributed by atoms with Crippen molar-refractivity contribution in [2.45, 2.75) is 69.4 Å². The number of aliphatic hydroxyl groups is 1. The number of hydrogen-bond acceptors (Lipinski definition) is 4. The number of nitrogens with zero attached hydrogens (tertiary/aromatic N) is 1. The molecule has 6 heteroatoms. The molecule has 1 saturated heterocycles. The Bertz CT molecular complexity index is 746. The Morgan fingerprint density at radius 3 is 2.27 bits per heavy atom. The van der Waals surface area contributed by atoms with Gasteiger partial charge in [-0.25, -0.2) is 4.39 Å².